The molecule has 1 atom stereocenters. The summed E-state index contributed by atoms with van der Waals surface area (Å²) in [4.78, 5) is 18.0. The van der Waals surface area contributed by atoms with Gasteiger partial charge in [0.25, 0.3) is 0 Å². The van der Waals surface area contributed by atoms with Gasteiger partial charge >= 0.3 is 0 Å². The first-order chi connectivity index (χ1) is 10.7. The van der Waals surface area contributed by atoms with Gasteiger partial charge in [-0.3, -0.25) is 4.79 Å². The predicted molar refractivity (Wildman–Crippen MR) is 87.8 cm³/mol. The Bertz CT molecular complexity index is 496. The van der Waals surface area contributed by atoms with Crippen LogP contribution in [0.25, 0.3) is 0 Å². The van der Waals surface area contributed by atoms with Crippen molar-refractivity contribution in [2.24, 2.45) is 11.7 Å². The number of nitrogens with zero attached hydrogens (tertiary/aromatic N) is 2. The minimum Gasteiger partial charge on any atom is -0.370 e. The van der Waals surface area contributed by atoms with E-state index in [-0.39, 0.29) is 0 Å². The minimum atomic E-state index is -0.432. The molecule has 1 aliphatic heterocycles. The summed E-state index contributed by atoms with van der Waals surface area (Å²) in [5.74, 6) is 1.08. The Morgan fingerprint density at radius 2 is 2.09 bits per heavy atom. The second-order valence-electron chi connectivity index (χ2n) is 6.62. The molecule has 0 spiro atoms. The van der Waals surface area contributed by atoms with E-state index in [1.807, 2.05) is 6.07 Å². The largest absolute Gasteiger partial charge is 0.370 e. The van der Waals surface area contributed by atoms with Crippen LogP contribution in [0.2, 0.25) is 0 Å². The van der Waals surface area contributed by atoms with Crippen LogP contribution in [0.4, 0.5) is 5.82 Å². The number of carbonyl (C=O) groups excluding carboxylic acids is 1. The van der Waals surface area contributed by atoms with Crippen LogP contribution >= 0.6 is 0 Å². The lowest BCUT2D eigenvalue weighted by Crippen LogP contribution is -2.35. The van der Waals surface area contributed by atoms with Crippen molar-refractivity contribution in [1.82, 2.24) is 9.88 Å². The number of hydrogen-bond donors (Lipinski definition) is 2. The van der Waals surface area contributed by atoms with Gasteiger partial charge in [-0.05, 0) is 43.9 Å². The van der Waals surface area contributed by atoms with Crippen LogP contribution in [0.3, 0.4) is 0 Å². The lowest BCUT2D eigenvalue weighted by Gasteiger charge is -2.31. The molecule has 22 heavy (non-hydrogen) atoms. The highest BCUT2D eigenvalue weighted by Crippen LogP contribution is 2.27. The SMILES string of the molecule is NC(=O)c1ccc(NCC2CCN(C3CCCCC3)C2)nc1. The molecule has 2 fully saturated rings. The molecular formula is C17H26N4O. The number of hydrogen-bond acceptors (Lipinski definition) is 4. The molecule has 1 amide bonds. The zero-order valence-electron chi connectivity index (χ0n) is 13.1. The van der Waals surface area contributed by atoms with Crippen LogP contribution in [0.5, 0.6) is 0 Å². The summed E-state index contributed by atoms with van der Waals surface area (Å²) < 4.78 is 0. The van der Waals surface area contributed by atoms with Crippen LogP contribution in [0, 0.1) is 5.92 Å². The maximum absolute atomic E-state index is 11.0. The maximum atomic E-state index is 11.0. The molecule has 0 bridgehead atoms. The highest BCUT2D eigenvalue weighted by Gasteiger charge is 2.28. The van der Waals surface area contributed by atoms with E-state index in [9.17, 15) is 4.79 Å². The van der Waals surface area contributed by atoms with E-state index in [1.165, 1.54) is 57.8 Å². The third-order valence-electron chi connectivity index (χ3n) is 5.03. The Labute approximate surface area is 132 Å². The number of rotatable bonds is 5. The van der Waals surface area contributed by atoms with Gasteiger partial charge in [0.1, 0.15) is 5.82 Å². The number of anilines is 1. The Balaban J connectivity index is 1.45. The number of nitrogens with one attached hydrogen (secondary N) is 1. The molecule has 1 aromatic rings. The third-order valence-corrected chi connectivity index (χ3v) is 5.03. The van der Waals surface area contributed by atoms with Crippen LogP contribution in [-0.2, 0) is 0 Å². The van der Waals surface area contributed by atoms with Crippen molar-refractivity contribution in [1.29, 1.82) is 0 Å². The molecule has 3 N–H and O–H groups in total. The monoisotopic (exact) mass is 302 g/mol. The van der Waals surface area contributed by atoms with Crippen molar-refractivity contribution in [2.75, 3.05) is 25.0 Å². The highest BCUT2D eigenvalue weighted by atomic mass is 16.1. The van der Waals surface area contributed by atoms with Gasteiger partial charge in [-0.15, -0.1) is 0 Å². The van der Waals surface area contributed by atoms with E-state index >= 15 is 0 Å². The third kappa shape index (κ3) is 3.77. The molecule has 3 rings (SSSR count). The molecule has 120 valence electrons. The number of primary amides is 1. The van der Waals surface area contributed by atoms with Gasteiger partial charge < -0.3 is 16.0 Å². The molecule has 0 radical (unpaired) electrons. The van der Waals surface area contributed by atoms with Gasteiger partial charge in [-0.25, -0.2) is 4.98 Å². The van der Waals surface area contributed by atoms with Gasteiger partial charge in [-0.2, -0.15) is 0 Å². The molecule has 5 heteroatoms. The Hall–Kier alpha value is -1.62. The van der Waals surface area contributed by atoms with E-state index in [4.69, 9.17) is 5.73 Å². The zero-order valence-corrected chi connectivity index (χ0v) is 13.1. The first-order valence-corrected chi connectivity index (χ1v) is 8.46. The number of pyridine rings is 1. The van der Waals surface area contributed by atoms with E-state index in [0.717, 1.165) is 18.4 Å². The van der Waals surface area contributed by atoms with Gasteiger partial charge in [0.15, 0.2) is 0 Å². The van der Waals surface area contributed by atoms with Gasteiger partial charge in [0.05, 0.1) is 5.56 Å². The van der Waals surface area contributed by atoms with E-state index in [1.54, 1.807) is 6.07 Å². The molecule has 1 aliphatic carbocycles. The summed E-state index contributed by atoms with van der Waals surface area (Å²) in [6.07, 6.45) is 9.80. The van der Waals surface area contributed by atoms with Crippen molar-refractivity contribution in [3.8, 4) is 0 Å². The molecule has 2 heterocycles. The molecule has 2 aliphatic rings. The first kappa shape index (κ1) is 15.3. The summed E-state index contributed by atoms with van der Waals surface area (Å²) in [5.41, 5.74) is 5.67. The summed E-state index contributed by atoms with van der Waals surface area (Å²) >= 11 is 0. The average molecular weight is 302 g/mol. The second kappa shape index (κ2) is 7.09. The summed E-state index contributed by atoms with van der Waals surface area (Å²) in [7, 11) is 0. The number of aromatic nitrogens is 1. The molecule has 1 saturated heterocycles. The predicted octanol–water partition coefficient (Wildman–Crippen LogP) is 2.25. The number of likely N-dealkylation sites (tertiary alicyclic amines) is 1. The first-order valence-electron chi connectivity index (χ1n) is 8.46. The van der Waals surface area contributed by atoms with Gasteiger partial charge in [0, 0.05) is 25.3 Å². The normalized spacial score (nSPS) is 23.5. The van der Waals surface area contributed by atoms with Crippen LogP contribution in [-0.4, -0.2) is 41.5 Å². The Kier molecular flexibility index (Phi) is 4.93. The second-order valence-corrected chi connectivity index (χ2v) is 6.62. The lowest BCUT2D eigenvalue weighted by molar-refractivity contribution is 0.1000. The van der Waals surface area contributed by atoms with Crippen molar-refractivity contribution in [3.63, 3.8) is 0 Å². The average Bonchev–Trinajstić information content (AvgIpc) is 3.03. The fraction of sp³-hybridized carbons (Fsp3) is 0.647. The van der Waals surface area contributed by atoms with Crippen molar-refractivity contribution < 1.29 is 4.79 Å². The fourth-order valence-corrected chi connectivity index (χ4v) is 3.70. The standard InChI is InChI=1S/C17H26N4O/c18-17(22)14-6-7-16(20-11-14)19-10-13-8-9-21(12-13)15-4-2-1-3-5-15/h6-7,11,13,15H,1-5,8-10,12H2,(H2,18,22)(H,19,20). The lowest BCUT2D eigenvalue weighted by atomic mass is 9.94. The van der Waals surface area contributed by atoms with Crippen molar-refractivity contribution in [3.05, 3.63) is 23.9 Å². The molecule has 1 unspecified atom stereocenters. The van der Waals surface area contributed by atoms with Gasteiger partial charge in [0.2, 0.25) is 5.91 Å². The number of amides is 1. The summed E-state index contributed by atoms with van der Waals surface area (Å²) in [5, 5.41) is 3.39. The number of nitrogens with two attached hydrogens (primary N) is 1. The van der Waals surface area contributed by atoms with Crippen molar-refractivity contribution in [2.45, 2.75) is 44.6 Å². The molecule has 1 saturated carbocycles. The minimum absolute atomic E-state index is 0.432. The molecule has 1 aromatic heterocycles. The molecule has 0 aromatic carbocycles. The zero-order chi connectivity index (χ0) is 15.4. The topological polar surface area (TPSA) is 71.2 Å². The maximum Gasteiger partial charge on any atom is 0.250 e. The Morgan fingerprint density at radius 1 is 1.27 bits per heavy atom. The van der Waals surface area contributed by atoms with Crippen LogP contribution in [0.1, 0.15) is 48.9 Å². The van der Waals surface area contributed by atoms with E-state index in [2.05, 4.69) is 15.2 Å². The molecule has 5 nitrogen and oxygen atoms in total. The van der Waals surface area contributed by atoms with Crippen LogP contribution in [0.15, 0.2) is 18.3 Å². The quantitative estimate of drug-likeness (QED) is 0.875. The Morgan fingerprint density at radius 3 is 2.77 bits per heavy atom. The van der Waals surface area contributed by atoms with Crippen molar-refractivity contribution >= 4 is 11.7 Å². The molecular weight excluding hydrogens is 276 g/mol. The van der Waals surface area contributed by atoms with E-state index < -0.39 is 5.91 Å². The summed E-state index contributed by atoms with van der Waals surface area (Å²) in [6, 6.07) is 4.38. The number of carbonyl (C=O) groups is 1. The summed E-state index contributed by atoms with van der Waals surface area (Å²) in [6.45, 7) is 3.40. The highest BCUT2D eigenvalue weighted by molar-refractivity contribution is 5.92. The smallest absolute Gasteiger partial charge is 0.250 e. The fourth-order valence-electron chi connectivity index (χ4n) is 3.70. The van der Waals surface area contributed by atoms with Crippen LogP contribution < -0.4 is 11.1 Å². The van der Waals surface area contributed by atoms with Gasteiger partial charge in [-0.1, -0.05) is 19.3 Å². The van der Waals surface area contributed by atoms with E-state index in [0.29, 0.717) is 11.5 Å².